The molecule has 1 N–H and O–H groups in total. The second-order valence-electron chi connectivity index (χ2n) is 8.18. The number of amides is 2. The number of carbonyl (C=O) groups excluding carboxylic acids is 2. The smallest absolute Gasteiger partial charge is 0.254 e. The van der Waals surface area contributed by atoms with Crippen molar-refractivity contribution in [2.75, 3.05) is 20.2 Å². The summed E-state index contributed by atoms with van der Waals surface area (Å²) < 4.78 is 10.8. The Hall–Kier alpha value is -3.46. The van der Waals surface area contributed by atoms with Crippen LogP contribution in [0, 0.1) is 0 Å². The normalized spacial score (nSPS) is 17.0. The van der Waals surface area contributed by atoms with E-state index in [9.17, 15) is 9.59 Å². The molecule has 0 bridgehead atoms. The summed E-state index contributed by atoms with van der Waals surface area (Å²) in [7, 11) is 1.62. The van der Waals surface area contributed by atoms with Crippen molar-refractivity contribution in [1.82, 2.24) is 15.1 Å². The summed E-state index contributed by atoms with van der Waals surface area (Å²) in [6.07, 6.45) is 1.73. The molecule has 0 spiro atoms. The molecule has 2 aromatic rings. The number of benzene rings is 1. The van der Waals surface area contributed by atoms with E-state index in [0.717, 1.165) is 16.4 Å². The number of hydrogen-bond donors (Lipinski definition) is 1. The number of hydrogen-bond acceptors (Lipinski definition) is 7. The van der Waals surface area contributed by atoms with Crippen LogP contribution >= 0.6 is 11.8 Å². The molecule has 1 aromatic heterocycles. The third-order valence-electron chi connectivity index (χ3n) is 6.07. The number of thioether (sulfide) groups is 1. The Kier molecular flexibility index (Phi) is 7.65. The number of amidine groups is 1. The van der Waals surface area contributed by atoms with E-state index in [-0.39, 0.29) is 18.2 Å². The van der Waals surface area contributed by atoms with Crippen molar-refractivity contribution in [2.45, 2.75) is 39.8 Å². The third kappa shape index (κ3) is 5.14. The van der Waals surface area contributed by atoms with Crippen molar-refractivity contribution in [1.29, 1.82) is 0 Å². The van der Waals surface area contributed by atoms with Crippen molar-refractivity contribution < 1.29 is 18.7 Å². The first-order chi connectivity index (χ1) is 17.0. The molecule has 0 saturated heterocycles. The molecule has 9 heteroatoms. The third-order valence-corrected chi connectivity index (χ3v) is 6.96. The number of carbonyl (C=O) groups is 2. The highest BCUT2D eigenvalue weighted by molar-refractivity contribution is 8.16. The van der Waals surface area contributed by atoms with Gasteiger partial charge in [-0.3, -0.25) is 9.59 Å². The second kappa shape index (κ2) is 10.9. The number of nitrogens with one attached hydrogen (secondary N) is 1. The fourth-order valence-corrected chi connectivity index (χ4v) is 5.24. The SMILES string of the molecule is CCN(CC)C(=O)C1=C(C)N=C2SC=C(CC(=O)NCc3ccco3)N2[C@H]1c1cccc(OC)c1. The van der Waals surface area contributed by atoms with Crippen LogP contribution in [0.15, 0.2) is 74.4 Å². The number of ether oxygens (including phenoxy) is 1. The van der Waals surface area contributed by atoms with Crippen molar-refractivity contribution >= 4 is 28.7 Å². The van der Waals surface area contributed by atoms with Crippen LogP contribution in [0.1, 0.15) is 44.6 Å². The lowest BCUT2D eigenvalue weighted by Crippen LogP contribution is -2.42. The zero-order valence-corrected chi connectivity index (χ0v) is 21.2. The summed E-state index contributed by atoms with van der Waals surface area (Å²) in [5, 5.41) is 5.59. The number of allylic oxidation sites excluding steroid dienone is 1. The van der Waals surface area contributed by atoms with Crippen LogP contribution in [-0.4, -0.2) is 47.0 Å². The van der Waals surface area contributed by atoms with Gasteiger partial charge in [-0.2, -0.15) is 0 Å². The van der Waals surface area contributed by atoms with Crippen LogP contribution in [0.25, 0.3) is 0 Å². The lowest BCUT2D eigenvalue weighted by molar-refractivity contribution is -0.127. The van der Waals surface area contributed by atoms with Gasteiger partial charge < -0.3 is 24.3 Å². The minimum Gasteiger partial charge on any atom is -0.497 e. The number of rotatable bonds is 9. The highest BCUT2D eigenvalue weighted by atomic mass is 32.2. The first-order valence-corrected chi connectivity index (χ1v) is 12.5. The summed E-state index contributed by atoms with van der Waals surface area (Å²) in [5.41, 5.74) is 2.98. The van der Waals surface area contributed by atoms with Crippen LogP contribution in [0.3, 0.4) is 0 Å². The Morgan fingerprint density at radius 2 is 2.03 bits per heavy atom. The van der Waals surface area contributed by atoms with Gasteiger partial charge in [0.2, 0.25) is 5.91 Å². The maximum atomic E-state index is 13.7. The molecule has 2 aliphatic heterocycles. The predicted octanol–water partition coefficient (Wildman–Crippen LogP) is 4.44. The van der Waals surface area contributed by atoms with Gasteiger partial charge in [-0.25, -0.2) is 4.99 Å². The van der Waals surface area contributed by atoms with E-state index in [1.807, 2.05) is 61.4 Å². The number of aliphatic imine (C=N–C) groups is 1. The van der Waals surface area contributed by atoms with E-state index in [0.29, 0.717) is 42.4 Å². The van der Waals surface area contributed by atoms with E-state index < -0.39 is 6.04 Å². The Morgan fingerprint density at radius 3 is 2.71 bits per heavy atom. The lowest BCUT2D eigenvalue weighted by Gasteiger charge is -2.38. The summed E-state index contributed by atoms with van der Waals surface area (Å²) in [4.78, 5) is 35.1. The van der Waals surface area contributed by atoms with Crippen LogP contribution in [-0.2, 0) is 16.1 Å². The van der Waals surface area contributed by atoms with Gasteiger partial charge >= 0.3 is 0 Å². The largest absolute Gasteiger partial charge is 0.497 e. The van der Waals surface area contributed by atoms with Gasteiger partial charge in [0.15, 0.2) is 5.17 Å². The van der Waals surface area contributed by atoms with Gasteiger partial charge in [0, 0.05) is 18.8 Å². The molecule has 184 valence electrons. The molecular weight excluding hydrogens is 464 g/mol. The Bertz CT molecular complexity index is 1180. The van der Waals surface area contributed by atoms with Gasteiger partial charge in [-0.1, -0.05) is 23.9 Å². The zero-order chi connectivity index (χ0) is 24.9. The summed E-state index contributed by atoms with van der Waals surface area (Å²) in [6, 6.07) is 10.9. The molecule has 4 rings (SSSR count). The first-order valence-electron chi connectivity index (χ1n) is 11.6. The van der Waals surface area contributed by atoms with Crippen molar-refractivity contribution in [3.05, 3.63) is 76.4 Å². The van der Waals surface area contributed by atoms with E-state index in [2.05, 4.69) is 5.32 Å². The van der Waals surface area contributed by atoms with Crippen LogP contribution in [0.2, 0.25) is 0 Å². The number of likely N-dealkylation sites (N-methyl/N-ethyl adjacent to an activating group) is 1. The van der Waals surface area contributed by atoms with Gasteiger partial charge in [0.25, 0.3) is 5.91 Å². The highest BCUT2D eigenvalue weighted by Gasteiger charge is 2.41. The molecule has 3 heterocycles. The van der Waals surface area contributed by atoms with Crippen LogP contribution in [0.5, 0.6) is 5.75 Å². The van der Waals surface area contributed by atoms with Gasteiger partial charge in [-0.15, -0.1) is 0 Å². The minimum atomic E-state index is -0.426. The molecule has 0 fully saturated rings. The fourth-order valence-electron chi connectivity index (χ4n) is 4.28. The van der Waals surface area contributed by atoms with Gasteiger partial charge in [0.05, 0.1) is 43.7 Å². The van der Waals surface area contributed by atoms with Crippen molar-refractivity contribution in [2.24, 2.45) is 4.99 Å². The Morgan fingerprint density at radius 1 is 1.23 bits per heavy atom. The minimum absolute atomic E-state index is 0.0540. The average Bonchev–Trinajstić information content (AvgIpc) is 3.53. The number of methoxy groups -OCH3 is 1. The standard InChI is InChI=1S/C26H30N4O4S/c1-5-29(6-2)25(32)23-17(3)28-26-30(24(23)18-9-7-10-20(13-18)33-4)19(16-35-26)14-22(31)27-15-21-11-8-12-34-21/h7-13,16,24H,5-6,14-15H2,1-4H3,(H,27,31)/t24-/m0/s1. The molecule has 1 atom stereocenters. The molecule has 0 aliphatic carbocycles. The maximum Gasteiger partial charge on any atom is 0.254 e. The van der Waals surface area contributed by atoms with E-state index in [1.54, 1.807) is 24.3 Å². The van der Waals surface area contributed by atoms with E-state index in [1.165, 1.54) is 11.8 Å². The van der Waals surface area contributed by atoms with E-state index >= 15 is 0 Å². The molecular formula is C26H30N4O4S. The number of furan rings is 1. The molecule has 2 aliphatic rings. The maximum absolute atomic E-state index is 13.7. The van der Waals surface area contributed by atoms with Crippen molar-refractivity contribution in [3.63, 3.8) is 0 Å². The summed E-state index contributed by atoms with van der Waals surface area (Å²) in [6.45, 7) is 7.33. The second-order valence-corrected chi connectivity index (χ2v) is 9.02. The molecule has 0 radical (unpaired) electrons. The molecule has 2 amide bonds. The molecule has 8 nitrogen and oxygen atoms in total. The monoisotopic (exact) mass is 494 g/mol. The number of nitrogens with zero attached hydrogens (tertiary/aromatic N) is 3. The molecule has 0 unspecified atom stereocenters. The van der Waals surface area contributed by atoms with Gasteiger partial charge in [-0.05, 0) is 56.0 Å². The molecule has 1 aromatic carbocycles. The van der Waals surface area contributed by atoms with Crippen LogP contribution in [0.4, 0.5) is 0 Å². The van der Waals surface area contributed by atoms with Gasteiger partial charge in [0.1, 0.15) is 11.5 Å². The highest BCUT2D eigenvalue weighted by Crippen LogP contribution is 2.45. The van der Waals surface area contributed by atoms with Crippen molar-refractivity contribution in [3.8, 4) is 5.75 Å². The van der Waals surface area contributed by atoms with E-state index in [4.69, 9.17) is 14.1 Å². The summed E-state index contributed by atoms with van der Waals surface area (Å²) >= 11 is 1.46. The Labute approximate surface area is 209 Å². The predicted molar refractivity (Wildman–Crippen MR) is 136 cm³/mol. The molecule has 35 heavy (non-hydrogen) atoms. The lowest BCUT2D eigenvalue weighted by atomic mass is 9.92. The van der Waals surface area contributed by atoms with Crippen LogP contribution < -0.4 is 10.1 Å². The molecule has 0 saturated carbocycles. The fraction of sp³-hybridized carbons (Fsp3) is 0.346. The first kappa shape index (κ1) is 24.7. The average molecular weight is 495 g/mol. The zero-order valence-electron chi connectivity index (χ0n) is 20.4. The Balaban J connectivity index is 1.68. The summed E-state index contributed by atoms with van der Waals surface area (Å²) in [5.74, 6) is 1.20. The topological polar surface area (TPSA) is 87.4 Å². The number of fused-ring (bicyclic) bond motifs is 1. The quantitative estimate of drug-likeness (QED) is 0.555.